The Hall–Kier alpha value is -1.89. The Labute approximate surface area is 207 Å². The highest BCUT2D eigenvalue weighted by molar-refractivity contribution is 5.66. The second-order valence-electron chi connectivity index (χ2n) is 8.50. The Kier molecular flexibility index (Phi) is 29.4. The first-order chi connectivity index (χ1) is 16.5. The number of allylic oxidation sites excluding steroid dienone is 1. The van der Waals surface area contributed by atoms with Gasteiger partial charge in [-0.3, -0.25) is 4.79 Å². The molecule has 200 valence electrons. The minimum absolute atomic E-state index is 0.269. The third-order valence-electron chi connectivity index (χ3n) is 5.45. The van der Waals surface area contributed by atoms with E-state index >= 15 is 0 Å². The molecule has 0 aromatic carbocycles. The number of unbranched alkanes of at least 4 members (excludes halogenated alkanes) is 16. The van der Waals surface area contributed by atoms with E-state index in [-0.39, 0.29) is 6.61 Å². The van der Waals surface area contributed by atoms with Gasteiger partial charge in [0.2, 0.25) is 0 Å². The third-order valence-corrected chi connectivity index (χ3v) is 5.45. The summed E-state index contributed by atoms with van der Waals surface area (Å²) in [6.45, 7) is 2.02. The van der Waals surface area contributed by atoms with Crippen LogP contribution in [0, 0.1) is 0 Å². The van der Waals surface area contributed by atoms with Gasteiger partial charge in [0, 0.05) is 20.0 Å². The van der Waals surface area contributed by atoms with E-state index in [2.05, 4.69) is 9.47 Å². The fourth-order valence-corrected chi connectivity index (χ4v) is 3.44. The second kappa shape index (κ2) is 29.1. The Balaban J connectivity index is 0. The molecule has 0 spiro atoms. The molecule has 0 fully saturated rings. The number of carbonyl (C=O) groups is 3. The lowest BCUT2D eigenvalue weighted by atomic mass is 10.0. The topological polar surface area (TPSA) is 99.1 Å². The molecule has 0 bridgehead atoms. The van der Waals surface area contributed by atoms with Crippen molar-refractivity contribution in [2.75, 3.05) is 20.8 Å². The smallest absolute Gasteiger partial charge is 0.481 e. The normalized spacial score (nSPS) is 10.9. The van der Waals surface area contributed by atoms with Crippen molar-refractivity contribution in [3.63, 3.8) is 0 Å². The fourth-order valence-electron chi connectivity index (χ4n) is 3.44. The van der Waals surface area contributed by atoms with Crippen molar-refractivity contribution in [3.8, 4) is 0 Å². The molecule has 7 nitrogen and oxygen atoms in total. The minimum atomic E-state index is -0.727. The van der Waals surface area contributed by atoms with Crippen LogP contribution in [0.3, 0.4) is 0 Å². The first-order valence-corrected chi connectivity index (χ1v) is 13.1. The van der Waals surface area contributed by atoms with Crippen LogP contribution in [-0.2, 0) is 23.8 Å². The summed E-state index contributed by atoms with van der Waals surface area (Å²) in [5.74, 6) is -0.220. The second-order valence-corrected chi connectivity index (χ2v) is 8.50. The van der Waals surface area contributed by atoms with Gasteiger partial charge in [-0.2, -0.15) is 0 Å². The van der Waals surface area contributed by atoms with Gasteiger partial charge in [-0.1, -0.05) is 89.9 Å². The predicted molar refractivity (Wildman–Crippen MR) is 136 cm³/mol. The molecule has 7 heteroatoms. The van der Waals surface area contributed by atoms with Crippen molar-refractivity contribution in [1.29, 1.82) is 0 Å². The van der Waals surface area contributed by atoms with E-state index in [4.69, 9.17) is 9.84 Å². The Morgan fingerprint density at radius 3 is 1.44 bits per heavy atom. The molecule has 0 amide bonds. The van der Waals surface area contributed by atoms with Crippen molar-refractivity contribution in [1.82, 2.24) is 0 Å². The molecule has 0 radical (unpaired) electrons. The molecule has 1 N–H and O–H groups in total. The molecule has 0 aliphatic carbocycles. The summed E-state index contributed by atoms with van der Waals surface area (Å²) >= 11 is 0. The molecule has 0 aromatic rings. The molecular formula is C27H50O7. The lowest BCUT2D eigenvalue weighted by Gasteiger charge is -2.04. The van der Waals surface area contributed by atoms with Crippen molar-refractivity contribution in [3.05, 3.63) is 11.8 Å². The standard InChI is InChI=1S/C20H38O3.C7H12O4/c21-19-17-15-13-11-9-7-5-3-1-2-4-6-8-10-12-14-16-18-20(22)23;1-4-6(5-9-2)11-7(8)10-3/h19H,1-18H2,(H,22,23);4H,5H2,1-3H3/b;6-4+. The molecule has 34 heavy (non-hydrogen) atoms. The summed E-state index contributed by atoms with van der Waals surface area (Å²) in [7, 11) is 2.77. The van der Waals surface area contributed by atoms with Crippen LogP contribution in [0.5, 0.6) is 0 Å². The van der Waals surface area contributed by atoms with Crippen LogP contribution in [0.2, 0.25) is 0 Å². The number of hydrogen-bond donors (Lipinski definition) is 1. The highest BCUT2D eigenvalue weighted by Crippen LogP contribution is 2.14. The SMILES string of the molecule is C/C=C(\COC)OC(=O)OC.O=CCCCCCCCCCCCCCCCCCCC(=O)O. The molecule has 0 saturated carbocycles. The van der Waals surface area contributed by atoms with Gasteiger partial charge in [-0.05, 0) is 25.8 Å². The Morgan fingerprint density at radius 1 is 0.706 bits per heavy atom. The lowest BCUT2D eigenvalue weighted by molar-refractivity contribution is -0.137. The van der Waals surface area contributed by atoms with Gasteiger partial charge in [0.25, 0.3) is 0 Å². The van der Waals surface area contributed by atoms with E-state index < -0.39 is 12.1 Å². The van der Waals surface area contributed by atoms with Crippen LogP contribution in [0.25, 0.3) is 0 Å². The number of methoxy groups -OCH3 is 2. The Bertz CT molecular complexity index is 503. The highest BCUT2D eigenvalue weighted by Gasteiger charge is 2.04. The zero-order valence-corrected chi connectivity index (χ0v) is 22.0. The van der Waals surface area contributed by atoms with Crippen LogP contribution < -0.4 is 0 Å². The maximum atomic E-state index is 10.5. The summed E-state index contributed by atoms with van der Waals surface area (Å²) in [5.41, 5.74) is 0. The molecule has 0 aliphatic heterocycles. The van der Waals surface area contributed by atoms with Crippen molar-refractivity contribution in [2.24, 2.45) is 0 Å². The van der Waals surface area contributed by atoms with Gasteiger partial charge in [-0.15, -0.1) is 0 Å². The number of carbonyl (C=O) groups excluding carboxylic acids is 2. The van der Waals surface area contributed by atoms with E-state index in [1.165, 1.54) is 97.7 Å². The number of rotatable bonds is 22. The van der Waals surface area contributed by atoms with E-state index in [0.717, 1.165) is 32.0 Å². The van der Waals surface area contributed by atoms with Gasteiger partial charge in [-0.25, -0.2) is 4.79 Å². The van der Waals surface area contributed by atoms with Crippen LogP contribution in [0.1, 0.15) is 122 Å². The van der Waals surface area contributed by atoms with E-state index in [1.54, 1.807) is 13.0 Å². The summed E-state index contributed by atoms with van der Waals surface area (Å²) in [4.78, 5) is 31.0. The lowest BCUT2D eigenvalue weighted by Crippen LogP contribution is -2.07. The molecule has 0 aromatic heterocycles. The van der Waals surface area contributed by atoms with E-state index in [0.29, 0.717) is 12.2 Å². The van der Waals surface area contributed by atoms with Crippen molar-refractivity contribution in [2.45, 2.75) is 122 Å². The molecule has 0 saturated heterocycles. The zero-order valence-electron chi connectivity index (χ0n) is 22.0. The summed E-state index contributed by atoms with van der Waals surface area (Å²) < 4.78 is 13.7. The van der Waals surface area contributed by atoms with Crippen LogP contribution in [-0.4, -0.2) is 44.3 Å². The highest BCUT2D eigenvalue weighted by atomic mass is 16.7. The largest absolute Gasteiger partial charge is 0.513 e. The van der Waals surface area contributed by atoms with Crippen LogP contribution in [0.15, 0.2) is 11.8 Å². The number of ether oxygens (including phenoxy) is 3. The first kappa shape index (κ1) is 34.3. The van der Waals surface area contributed by atoms with E-state index in [1.807, 2.05) is 0 Å². The summed E-state index contributed by atoms with van der Waals surface area (Å²) in [5, 5.41) is 8.54. The van der Waals surface area contributed by atoms with Gasteiger partial charge in [0.05, 0.1) is 7.11 Å². The Morgan fingerprint density at radius 2 is 1.12 bits per heavy atom. The molecule has 0 heterocycles. The predicted octanol–water partition coefficient (Wildman–Crippen LogP) is 7.61. The molecule has 0 atom stereocenters. The van der Waals surface area contributed by atoms with Crippen LogP contribution in [0.4, 0.5) is 4.79 Å². The zero-order chi connectivity index (χ0) is 25.7. The molecular weight excluding hydrogens is 436 g/mol. The van der Waals surface area contributed by atoms with Crippen LogP contribution >= 0.6 is 0 Å². The monoisotopic (exact) mass is 486 g/mol. The quantitative estimate of drug-likeness (QED) is 0.0727. The maximum Gasteiger partial charge on any atom is 0.513 e. The molecule has 0 aliphatic rings. The van der Waals surface area contributed by atoms with Gasteiger partial charge < -0.3 is 24.1 Å². The number of carboxylic acid groups (broad SMARTS) is 1. The van der Waals surface area contributed by atoms with Crippen molar-refractivity contribution < 1.29 is 33.7 Å². The number of hydrogen-bond acceptors (Lipinski definition) is 6. The van der Waals surface area contributed by atoms with Crippen molar-refractivity contribution >= 4 is 18.4 Å². The summed E-state index contributed by atoms with van der Waals surface area (Å²) in [6, 6.07) is 0. The first-order valence-electron chi connectivity index (χ1n) is 13.1. The maximum absolute atomic E-state index is 10.5. The van der Waals surface area contributed by atoms with Gasteiger partial charge in [0.1, 0.15) is 18.7 Å². The van der Waals surface area contributed by atoms with E-state index in [9.17, 15) is 14.4 Å². The molecule has 0 unspecified atom stereocenters. The van der Waals surface area contributed by atoms with Gasteiger partial charge in [0.15, 0.2) is 0 Å². The minimum Gasteiger partial charge on any atom is -0.481 e. The summed E-state index contributed by atoms with van der Waals surface area (Å²) in [6.07, 6.45) is 23.2. The average molecular weight is 487 g/mol. The number of aldehydes is 1. The third kappa shape index (κ3) is 30.1. The number of carboxylic acids is 1. The molecule has 0 rings (SSSR count). The average Bonchev–Trinajstić information content (AvgIpc) is 2.83. The number of aliphatic carboxylic acids is 1. The van der Waals surface area contributed by atoms with Gasteiger partial charge >= 0.3 is 12.1 Å². The fraction of sp³-hybridized carbons (Fsp3) is 0.815.